The van der Waals surface area contributed by atoms with Gasteiger partial charge in [0.25, 0.3) is 0 Å². The SMILES string of the molecule is CCCCCCCCCCCSS.OCCO.OCCO.OCCO.OCCO. The summed E-state index contributed by atoms with van der Waals surface area (Å²) in [7, 11) is 1.67. The first-order valence-corrected chi connectivity index (χ1v) is 12.2. The summed E-state index contributed by atoms with van der Waals surface area (Å²) in [5.74, 6) is 1.22. The van der Waals surface area contributed by atoms with Gasteiger partial charge in [-0.25, -0.2) is 0 Å². The van der Waals surface area contributed by atoms with Crippen molar-refractivity contribution in [1.29, 1.82) is 0 Å². The van der Waals surface area contributed by atoms with Gasteiger partial charge in [-0.1, -0.05) is 69.1 Å². The fourth-order valence-electron chi connectivity index (χ4n) is 1.48. The van der Waals surface area contributed by atoms with Gasteiger partial charge in [0.2, 0.25) is 0 Å². The Balaban J connectivity index is -0.0000000984. The number of unbranched alkanes of at least 4 members (excludes halogenated alkanes) is 8. The molecule has 29 heavy (non-hydrogen) atoms. The predicted octanol–water partition coefficient (Wildman–Crippen LogP) is 0.979. The van der Waals surface area contributed by atoms with Gasteiger partial charge in [0, 0.05) is 5.75 Å². The van der Waals surface area contributed by atoms with Crippen LogP contribution in [0.2, 0.25) is 0 Å². The highest BCUT2D eigenvalue weighted by atomic mass is 33.1. The molecule has 0 saturated heterocycles. The standard InChI is InChI=1S/C11H24S2.4C2H6O2/c1-2-3-4-5-6-7-8-9-10-11-13-12;4*3-1-2-4/h12H,2-11H2,1H3;4*3-4H,1-2H2. The van der Waals surface area contributed by atoms with E-state index >= 15 is 0 Å². The Labute approximate surface area is 186 Å². The summed E-state index contributed by atoms with van der Waals surface area (Å²) in [5, 5.41) is 61.0. The molecule has 10 heteroatoms. The first kappa shape index (κ1) is 39.8. The predicted molar refractivity (Wildman–Crippen MR) is 125 cm³/mol. The summed E-state index contributed by atoms with van der Waals surface area (Å²) in [6.45, 7) is 1.27. The third-order valence-corrected chi connectivity index (χ3v) is 3.76. The largest absolute Gasteiger partial charge is 0.394 e. The van der Waals surface area contributed by atoms with Crippen molar-refractivity contribution < 1.29 is 40.9 Å². The van der Waals surface area contributed by atoms with Crippen LogP contribution in [0, 0.1) is 0 Å². The van der Waals surface area contributed by atoms with Gasteiger partial charge < -0.3 is 40.9 Å². The number of hydrogen-bond donors (Lipinski definition) is 9. The highest BCUT2D eigenvalue weighted by molar-refractivity contribution is 8.68. The normalized spacial score (nSPS) is 8.90. The zero-order valence-corrected chi connectivity index (χ0v) is 19.9. The molecule has 0 aromatic heterocycles. The van der Waals surface area contributed by atoms with Crippen molar-refractivity contribution in [2.24, 2.45) is 0 Å². The molecule has 0 radical (unpaired) electrons. The Bertz CT molecular complexity index is 162. The van der Waals surface area contributed by atoms with E-state index in [1.165, 1.54) is 63.5 Å². The maximum atomic E-state index is 7.62. The average Bonchev–Trinajstić information content (AvgIpc) is 2.78. The lowest BCUT2D eigenvalue weighted by molar-refractivity contribution is 0.186. The molecule has 0 aliphatic heterocycles. The van der Waals surface area contributed by atoms with Crippen LogP contribution >= 0.6 is 22.5 Å². The van der Waals surface area contributed by atoms with Crippen molar-refractivity contribution in [3.05, 3.63) is 0 Å². The number of aliphatic hydroxyl groups excluding tert-OH is 8. The zero-order chi connectivity index (χ0) is 23.4. The molecule has 0 aromatic rings. The summed E-state index contributed by atoms with van der Waals surface area (Å²) in [5.41, 5.74) is 0. The van der Waals surface area contributed by atoms with Gasteiger partial charge in [0.15, 0.2) is 0 Å². The summed E-state index contributed by atoms with van der Waals surface area (Å²) in [6, 6.07) is 0. The van der Waals surface area contributed by atoms with E-state index in [-0.39, 0.29) is 52.9 Å². The molecule has 8 N–H and O–H groups in total. The quantitative estimate of drug-likeness (QED) is 0.103. The number of thiol groups is 1. The third-order valence-electron chi connectivity index (χ3n) is 2.74. The van der Waals surface area contributed by atoms with Crippen LogP contribution < -0.4 is 0 Å². The van der Waals surface area contributed by atoms with Crippen molar-refractivity contribution in [2.45, 2.75) is 64.7 Å². The Hall–Kier alpha value is 0.380. The maximum absolute atomic E-state index is 7.62. The summed E-state index contributed by atoms with van der Waals surface area (Å²) >= 11 is 4.12. The Morgan fingerprint density at radius 1 is 0.448 bits per heavy atom. The van der Waals surface area contributed by atoms with E-state index in [1.807, 2.05) is 0 Å². The van der Waals surface area contributed by atoms with E-state index in [2.05, 4.69) is 18.6 Å². The first-order valence-electron chi connectivity index (χ1n) is 10.2. The third kappa shape index (κ3) is 95.5. The number of rotatable bonds is 14. The molecule has 0 unspecified atom stereocenters. The van der Waals surface area contributed by atoms with Gasteiger partial charge in [0.1, 0.15) is 0 Å². The van der Waals surface area contributed by atoms with Crippen molar-refractivity contribution >= 4 is 22.5 Å². The van der Waals surface area contributed by atoms with Gasteiger partial charge in [-0.3, -0.25) is 0 Å². The monoisotopic (exact) mass is 468 g/mol. The van der Waals surface area contributed by atoms with Crippen LogP contribution in [0.15, 0.2) is 0 Å². The average molecular weight is 469 g/mol. The Morgan fingerprint density at radius 2 is 0.690 bits per heavy atom. The maximum Gasteiger partial charge on any atom is 0.0662 e. The molecule has 184 valence electrons. The van der Waals surface area contributed by atoms with E-state index < -0.39 is 0 Å². The molecule has 0 aliphatic carbocycles. The minimum Gasteiger partial charge on any atom is -0.394 e. The van der Waals surface area contributed by atoms with E-state index in [0.717, 1.165) is 0 Å². The summed E-state index contributed by atoms with van der Waals surface area (Å²) in [4.78, 5) is 0. The first-order chi connectivity index (χ1) is 14.1. The van der Waals surface area contributed by atoms with Crippen LogP contribution in [0.25, 0.3) is 0 Å². The van der Waals surface area contributed by atoms with Crippen molar-refractivity contribution in [3.8, 4) is 0 Å². The molecule has 0 rings (SSSR count). The second-order valence-corrected chi connectivity index (χ2v) is 6.89. The van der Waals surface area contributed by atoms with Gasteiger partial charge in [-0.15, -0.1) is 11.7 Å². The zero-order valence-electron chi connectivity index (χ0n) is 18.2. The van der Waals surface area contributed by atoms with Gasteiger partial charge >= 0.3 is 0 Å². The van der Waals surface area contributed by atoms with Crippen molar-refractivity contribution in [1.82, 2.24) is 0 Å². The summed E-state index contributed by atoms with van der Waals surface area (Å²) < 4.78 is 0. The highest BCUT2D eigenvalue weighted by Crippen LogP contribution is 2.12. The lowest BCUT2D eigenvalue weighted by Gasteiger charge is -2.00. The van der Waals surface area contributed by atoms with Crippen LogP contribution in [0.5, 0.6) is 0 Å². The van der Waals surface area contributed by atoms with Crippen molar-refractivity contribution in [2.75, 3.05) is 58.6 Å². The number of hydrogen-bond acceptors (Lipinski definition) is 10. The topological polar surface area (TPSA) is 162 Å². The second-order valence-electron chi connectivity index (χ2n) is 5.45. The lowest BCUT2D eigenvalue weighted by atomic mass is 10.1. The molecule has 8 nitrogen and oxygen atoms in total. The lowest BCUT2D eigenvalue weighted by Crippen LogP contribution is -1.85. The van der Waals surface area contributed by atoms with E-state index in [4.69, 9.17) is 40.9 Å². The van der Waals surface area contributed by atoms with Crippen molar-refractivity contribution in [3.63, 3.8) is 0 Å². The molecule has 0 amide bonds. The fourth-order valence-corrected chi connectivity index (χ4v) is 2.20. The van der Waals surface area contributed by atoms with Crippen LogP contribution in [0.1, 0.15) is 64.7 Å². The molecule has 0 heterocycles. The highest BCUT2D eigenvalue weighted by Gasteiger charge is 1.91. The molecule has 0 aliphatic rings. The van der Waals surface area contributed by atoms with Gasteiger partial charge in [-0.05, 0) is 6.42 Å². The molecular weight excluding hydrogens is 420 g/mol. The van der Waals surface area contributed by atoms with E-state index in [1.54, 1.807) is 10.8 Å². The van der Waals surface area contributed by atoms with Gasteiger partial charge in [-0.2, -0.15) is 0 Å². The minimum atomic E-state index is -0.125. The molecule has 0 fully saturated rings. The van der Waals surface area contributed by atoms with Crippen LogP contribution in [-0.2, 0) is 0 Å². The van der Waals surface area contributed by atoms with Crippen LogP contribution in [0.4, 0.5) is 0 Å². The molecule has 0 spiro atoms. The van der Waals surface area contributed by atoms with E-state index in [0.29, 0.717) is 0 Å². The Kier molecular flexibility index (Phi) is 77.8. The van der Waals surface area contributed by atoms with Gasteiger partial charge in [0.05, 0.1) is 52.9 Å². The number of aliphatic hydroxyl groups is 8. The molecular formula is C19H48O8S2. The molecule has 0 bridgehead atoms. The minimum absolute atomic E-state index is 0.125. The summed E-state index contributed by atoms with van der Waals surface area (Å²) in [6.07, 6.45) is 12.8. The van der Waals surface area contributed by atoms with E-state index in [9.17, 15) is 0 Å². The second kappa shape index (κ2) is 56.6. The fraction of sp³-hybridized carbons (Fsp3) is 1.00. The van der Waals surface area contributed by atoms with Crippen LogP contribution in [-0.4, -0.2) is 99.5 Å². The molecule has 0 aromatic carbocycles. The smallest absolute Gasteiger partial charge is 0.0662 e. The van der Waals surface area contributed by atoms with Crippen LogP contribution in [0.3, 0.4) is 0 Å². The molecule has 0 atom stereocenters. The Morgan fingerprint density at radius 3 is 0.897 bits per heavy atom. The molecule has 0 saturated carbocycles.